The molecule has 1 aliphatic rings. The average molecular weight is 392 g/mol. The van der Waals surface area contributed by atoms with Crippen molar-refractivity contribution in [3.63, 3.8) is 0 Å². The largest absolute Gasteiger partial charge is 0.475 e. The number of guanidine groups is 1. The van der Waals surface area contributed by atoms with Crippen molar-refractivity contribution in [3.05, 3.63) is 23.9 Å². The predicted molar refractivity (Wildman–Crippen MR) is 114 cm³/mol. The summed E-state index contributed by atoms with van der Waals surface area (Å²) in [6.07, 6.45) is 8.43. The molecule has 1 aromatic rings. The Hall–Kier alpha value is -1.86. The molecule has 28 heavy (non-hydrogen) atoms. The minimum absolute atomic E-state index is 0.507. The van der Waals surface area contributed by atoms with E-state index in [0.29, 0.717) is 25.6 Å². The molecule has 2 heterocycles. The van der Waals surface area contributed by atoms with E-state index in [1.807, 2.05) is 18.3 Å². The van der Waals surface area contributed by atoms with Crippen LogP contribution in [0.2, 0.25) is 0 Å². The molecule has 1 fully saturated rings. The first-order chi connectivity index (χ1) is 13.8. The topological polar surface area (TPSA) is 71.0 Å². The highest BCUT2D eigenvalue weighted by Gasteiger charge is 2.08. The summed E-state index contributed by atoms with van der Waals surface area (Å²) >= 11 is 0. The van der Waals surface area contributed by atoms with Gasteiger partial charge in [0.25, 0.3) is 0 Å². The number of hydrogen-bond acceptors (Lipinski definition) is 5. The quantitative estimate of drug-likeness (QED) is 0.343. The number of nitrogens with zero attached hydrogens (tertiary/aromatic N) is 3. The molecule has 0 aliphatic carbocycles. The van der Waals surface area contributed by atoms with Gasteiger partial charge in [-0.25, -0.2) is 9.98 Å². The summed E-state index contributed by atoms with van der Waals surface area (Å²) in [5.41, 5.74) is 1.06. The van der Waals surface area contributed by atoms with Gasteiger partial charge in [-0.2, -0.15) is 0 Å². The second-order valence-corrected chi connectivity index (χ2v) is 7.08. The third kappa shape index (κ3) is 9.37. The summed E-state index contributed by atoms with van der Waals surface area (Å²) in [5, 5.41) is 6.76. The zero-order valence-electron chi connectivity index (χ0n) is 17.6. The number of aliphatic imine (C=N–C) groups is 1. The maximum atomic E-state index is 5.49. The summed E-state index contributed by atoms with van der Waals surface area (Å²) < 4.78 is 10.5. The monoisotopic (exact) mass is 391 g/mol. The van der Waals surface area contributed by atoms with Gasteiger partial charge in [-0.1, -0.05) is 18.9 Å². The molecular weight excluding hydrogens is 354 g/mol. The molecule has 1 aromatic heterocycles. The normalized spacial score (nSPS) is 15.9. The lowest BCUT2D eigenvalue weighted by atomic mass is 10.2. The van der Waals surface area contributed by atoms with Crippen molar-refractivity contribution < 1.29 is 9.47 Å². The number of nitrogens with one attached hydrogen (secondary N) is 2. The number of rotatable bonds is 11. The van der Waals surface area contributed by atoms with Gasteiger partial charge >= 0.3 is 0 Å². The highest BCUT2D eigenvalue weighted by molar-refractivity contribution is 5.79. The number of methoxy groups -OCH3 is 1. The summed E-state index contributed by atoms with van der Waals surface area (Å²) in [5.74, 6) is 1.47. The second kappa shape index (κ2) is 14.2. The second-order valence-electron chi connectivity index (χ2n) is 7.08. The van der Waals surface area contributed by atoms with E-state index in [2.05, 4.69) is 32.4 Å². The van der Waals surface area contributed by atoms with Crippen LogP contribution in [-0.4, -0.2) is 68.9 Å². The maximum Gasteiger partial charge on any atom is 0.213 e. The van der Waals surface area contributed by atoms with Crippen LogP contribution in [0, 0.1) is 0 Å². The van der Waals surface area contributed by atoms with Gasteiger partial charge in [-0.15, -0.1) is 0 Å². The number of aromatic nitrogens is 1. The molecule has 0 spiro atoms. The van der Waals surface area contributed by atoms with E-state index >= 15 is 0 Å². The SMILES string of the molecule is CCNC(=NCc1ccc(OCCOC)nc1)NCCCN1CCCCCC1. The van der Waals surface area contributed by atoms with Crippen LogP contribution in [-0.2, 0) is 11.3 Å². The fraction of sp³-hybridized carbons (Fsp3) is 0.714. The van der Waals surface area contributed by atoms with E-state index in [1.54, 1.807) is 7.11 Å². The predicted octanol–water partition coefficient (Wildman–Crippen LogP) is 2.43. The lowest BCUT2D eigenvalue weighted by molar-refractivity contribution is 0.143. The van der Waals surface area contributed by atoms with Crippen LogP contribution in [0.3, 0.4) is 0 Å². The lowest BCUT2D eigenvalue weighted by Gasteiger charge is -2.20. The number of ether oxygens (including phenoxy) is 2. The first kappa shape index (κ1) is 22.4. The average Bonchev–Trinajstić information content (AvgIpc) is 2.99. The fourth-order valence-electron chi connectivity index (χ4n) is 3.20. The van der Waals surface area contributed by atoms with Gasteiger partial charge in [-0.3, -0.25) is 0 Å². The van der Waals surface area contributed by atoms with E-state index in [0.717, 1.165) is 31.0 Å². The minimum atomic E-state index is 0.507. The first-order valence-corrected chi connectivity index (χ1v) is 10.6. The minimum Gasteiger partial charge on any atom is -0.475 e. The van der Waals surface area contributed by atoms with Gasteiger partial charge < -0.3 is 25.0 Å². The Morgan fingerprint density at radius 1 is 1.14 bits per heavy atom. The Kier molecular flexibility index (Phi) is 11.4. The van der Waals surface area contributed by atoms with Crippen molar-refractivity contribution in [2.45, 2.75) is 45.6 Å². The van der Waals surface area contributed by atoms with Crippen LogP contribution < -0.4 is 15.4 Å². The Balaban J connectivity index is 1.71. The zero-order valence-corrected chi connectivity index (χ0v) is 17.6. The van der Waals surface area contributed by atoms with E-state index in [1.165, 1.54) is 45.3 Å². The molecule has 0 amide bonds. The van der Waals surface area contributed by atoms with Crippen molar-refractivity contribution in [2.75, 3.05) is 53.0 Å². The van der Waals surface area contributed by atoms with Crippen LogP contribution in [0.15, 0.2) is 23.3 Å². The number of likely N-dealkylation sites (tertiary alicyclic amines) is 1. The smallest absolute Gasteiger partial charge is 0.213 e. The number of pyridine rings is 1. The van der Waals surface area contributed by atoms with Gasteiger partial charge in [0, 0.05) is 32.5 Å². The van der Waals surface area contributed by atoms with Crippen molar-refractivity contribution in [2.24, 2.45) is 4.99 Å². The fourth-order valence-corrected chi connectivity index (χ4v) is 3.20. The van der Waals surface area contributed by atoms with Gasteiger partial charge in [-0.05, 0) is 51.4 Å². The van der Waals surface area contributed by atoms with E-state index < -0.39 is 0 Å². The molecule has 7 heteroatoms. The van der Waals surface area contributed by atoms with Crippen molar-refractivity contribution in [1.29, 1.82) is 0 Å². The highest BCUT2D eigenvalue weighted by Crippen LogP contribution is 2.10. The molecule has 2 N–H and O–H groups in total. The Bertz CT molecular complexity index is 542. The summed E-state index contributed by atoms with van der Waals surface area (Å²) in [6, 6.07) is 3.88. The molecule has 0 aromatic carbocycles. The van der Waals surface area contributed by atoms with E-state index in [4.69, 9.17) is 9.47 Å². The van der Waals surface area contributed by atoms with Gasteiger partial charge in [0.15, 0.2) is 5.96 Å². The van der Waals surface area contributed by atoms with Crippen LogP contribution in [0.1, 0.15) is 44.6 Å². The summed E-state index contributed by atoms with van der Waals surface area (Å²) in [6.45, 7) is 9.21. The highest BCUT2D eigenvalue weighted by atomic mass is 16.5. The molecule has 1 saturated heterocycles. The standard InChI is InChI=1S/C21H37N5O2/c1-3-22-21(23-11-8-14-26-12-6-4-5-7-13-26)25-18-19-9-10-20(24-17-19)28-16-15-27-2/h9-10,17H,3-8,11-16,18H2,1-2H3,(H2,22,23,25). The van der Waals surface area contributed by atoms with Crippen molar-refractivity contribution >= 4 is 5.96 Å². The molecular formula is C21H37N5O2. The molecule has 0 saturated carbocycles. The van der Waals surface area contributed by atoms with Crippen LogP contribution >= 0.6 is 0 Å². The number of hydrogen-bond donors (Lipinski definition) is 2. The molecule has 158 valence electrons. The summed E-state index contributed by atoms with van der Waals surface area (Å²) in [7, 11) is 1.66. The first-order valence-electron chi connectivity index (χ1n) is 10.6. The van der Waals surface area contributed by atoms with Crippen molar-refractivity contribution in [3.8, 4) is 5.88 Å². The van der Waals surface area contributed by atoms with Gasteiger partial charge in [0.1, 0.15) is 6.61 Å². The van der Waals surface area contributed by atoms with E-state index in [9.17, 15) is 0 Å². The molecule has 2 rings (SSSR count). The third-order valence-electron chi connectivity index (χ3n) is 4.74. The zero-order chi connectivity index (χ0) is 19.9. The van der Waals surface area contributed by atoms with E-state index in [-0.39, 0.29) is 0 Å². The third-order valence-corrected chi connectivity index (χ3v) is 4.74. The molecule has 1 aliphatic heterocycles. The van der Waals surface area contributed by atoms with Gasteiger partial charge in [0.05, 0.1) is 13.2 Å². The van der Waals surface area contributed by atoms with Crippen LogP contribution in [0.25, 0.3) is 0 Å². The molecule has 7 nitrogen and oxygen atoms in total. The molecule has 0 unspecified atom stereocenters. The maximum absolute atomic E-state index is 5.49. The molecule has 0 bridgehead atoms. The lowest BCUT2D eigenvalue weighted by Crippen LogP contribution is -2.39. The van der Waals surface area contributed by atoms with Crippen LogP contribution in [0.5, 0.6) is 5.88 Å². The van der Waals surface area contributed by atoms with Crippen molar-refractivity contribution in [1.82, 2.24) is 20.5 Å². The Labute approximate surface area is 169 Å². The molecule has 0 radical (unpaired) electrons. The van der Waals surface area contributed by atoms with Crippen LogP contribution in [0.4, 0.5) is 0 Å². The Morgan fingerprint density at radius 3 is 2.64 bits per heavy atom. The molecule has 0 atom stereocenters. The Morgan fingerprint density at radius 2 is 1.96 bits per heavy atom. The summed E-state index contributed by atoms with van der Waals surface area (Å²) in [4.78, 5) is 11.6. The van der Waals surface area contributed by atoms with Gasteiger partial charge in [0.2, 0.25) is 5.88 Å².